The van der Waals surface area contributed by atoms with Crippen LogP contribution < -0.4 is 0 Å². The molecule has 1 amide bonds. The molecule has 0 saturated carbocycles. The summed E-state index contributed by atoms with van der Waals surface area (Å²) in [6.45, 7) is 1.85. The molecule has 0 saturated heterocycles. The van der Waals surface area contributed by atoms with E-state index in [1.54, 1.807) is 17.1 Å². The number of carbonyl (C=O) groups is 1. The molecule has 2 atom stereocenters. The number of fused-ring (bicyclic) bond motifs is 1. The number of rotatable bonds is 5. The van der Waals surface area contributed by atoms with Gasteiger partial charge >= 0.3 is 0 Å². The molecule has 0 unspecified atom stereocenters. The van der Waals surface area contributed by atoms with Crippen LogP contribution >= 0.6 is 23.4 Å². The molecule has 0 bridgehead atoms. The summed E-state index contributed by atoms with van der Waals surface area (Å²) in [7, 11) is 1.82. The van der Waals surface area contributed by atoms with Crippen LogP contribution in [0.2, 0.25) is 5.02 Å². The van der Waals surface area contributed by atoms with Gasteiger partial charge in [0.05, 0.1) is 28.8 Å². The molecule has 1 aliphatic heterocycles. The minimum absolute atomic E-state index is 0.129. The second-order valence-corrected chi connectivity index (χ2v) is 9.18. The Bertz CT molecular complexity index is 1300. The molecule has 8 nitrogen and oxygen atoms in total. The van der Waals surface area contributed by atoms with Gasteiger partial charge in [-0.05, 0) is 36.8 Å². The van der Waals surface area contributed by atoms with Crippen LogP contribution in [0, 0.1) is 0 Å². The van der Waals surface area contributed by atoms with Crippen LogP contribution in [0.5, 0.6) is 0 Å². The average molecular weight is 467 g/mol. The molecular weight excluding hydrogens is 448 g/mol. The first-order valence-electron chi connectivity index (χ1n) is 10.0. The first kappa shape index (κ1) is 20.7. The predicted molar refractivity (Wildman–Crippen MR) is 123 cm³/mol. The smallest absolute Gasteiger partial charge is 0.256 e. The van der Waals surface area contributed by atoms with E-state index >= 15 is 0 Å². The minimum Gasteiger partial charge on any atom is -0.467 e. The molecule has 4 heterocycles. The van der Waals surface area contributed by atoms with Crippen LogP contribution in [-0.4, -0.2) is 41.6 Å². The molecule has 10 heteroatoms. The maximum absolute atomic E-state index is 13.5. The van der Waals surface area contributed by atoms with Gasteiger partial charge in [0.15, 0.2) is 5.65 Å². The van der Waals surface area contributed by atoms with Crippen LogP contribution in [0.4, 0.5) is 0 Å². The van der Waals surface area contributed by atoms with Gasteiger partial charge in [0.2, 0.25) is 0 Å². The Morgan fingerprint density at radius 1 is 1.25 bits per heavy atom. The normalized spacial score (nSPS) is 17.0. The molecule has 3 aromatic heterocycles. The van der Waals surface area contributed by atoms with E-state index in [0.29, 0.717) is 22.2 Å². The summed E-state index contributed by atoms with van der Waals surface area (Å²) >= 11 is 7.40. The van der Waals surface area contributed by atoms with Crippen molar-refractivity contribution >= 4 is 46.0 Å². The lowest BCUT2D eigenvalue weighted by Crippen LogP contribution is -2.33. The molecule has 1 aromatic carbocycles. The number of hydrazone groups is 1. The molecule has 0 N–H and O–H groups in total. The molecule has 0 aliphatic carbocycles. The highest BCUT2D eigenvalue weighted by molar-refractivity contribution is 8.00. The zero-order chi connectivity index (χ0) is 22.2. The van der Waals surface area contributed by atoms with Crippen molar-refractivity contribution in [2.24, 2.45) is 12.1 Å². The third-order valence-electron chi connectivity index (χ3n) is 5.31. The van der Waals surface area contributed by atoms with Crippen LogP contribution in [0.15, 0.2) is 69.7 Å². The second kappa shape index (κ2) is 8.40. The zero-order valence-electron chi connectivity index (χ0n) is 17.3. The zero-order valence-corrected chi connectivity index (χ0v) is 18.9. The SMILES string of the molecule is C[C@@H](Sc1ncnc2c1cnn2C)C(=O)N1N=C(c2ccc(Cl)cc2)C[C@@H]1c1ccco1. The van der Waals surface area contributed by atoms with Gasteiger partial charge in [-0.1, -0.05) is 35.5 Å². The summed E-state index contributed by atoms with van der Waals surface area (Å²) in [6, 6.07) is 10.8. The summed E-state index contributed by atoms with van der Waals surface area (Å²) in [6.07, 6.45) is 5.37. The van der Waals surface area contributed by atoms with Gasteiger partial charge in [-0.3, -0.25) is 9.48 Å². The highest BCUT2D eigenvalue weighted by Gasteiger charge is 2.37. The number of hydrogen-bond acceptors (Lipinski definition) is 7. The molecule has 0 fully saturated rings. The lowest BCUT2D eigenvalue weighted by molar-refractivity contribution is -0.132. The summed E-state index contributed by atoms with van der Waals surface area (Å²) < 4.78 is 7.32. The number of carbonyl (C=O) groups excluding carboxylic acids is 1. The van der Waals surface area contributed by atoms with Crippen molar-refractivity contribution in [3.63, 3.8) is 0 Å². The number of nitrogens with zero attached hydrogens (tertiary/aromatic N) is 6. The molecular formula is C22H19ClN6O2S. The fourth-order valence-electron chi connectivity index (χ4n) is 3.67. The van der Waals surface area contributed by atoms with Crippen molar-refractivity contribution in [2.45, 2.75) is 29.7 Å². The molecule has 1 aliphatic rings. The Kier molecular flexibility index (Phi) is 5.44. The number of benzene rings is 1. The van der Waals surface area contributed by atoms with Crippen LogP contribution in [-0.2, 0) is 11.8 Å². The Morgan fingerprint density at radius 2 is 2.06 bits per heavy atom. The third kappa shape index (κ3) is 3.78. The van der Waals surface area contributed by atoms with E-state index in [0.717, 1.165) is 22.3 Å². The van der Waals surface area contributed by atoms with Gasteiger partial charge in [0.25, 0.3) is 5.91 Å². The van der Waals surface area contributed by atoms with Gasteiger partial charge in [0, 0.05) is 18.5 Å². The van der Waals surface area contributed by atoms with Crippen molar-refractivity contribution in [1.29, 1.82) is 0 Å². The highest BCUT2D eigenvalue weighted by Crippen LogP contribution is 2.36. The van der Waals surface area contributed by atoms with Crippen LogP contribution in [0.25, 0.3) is 11.0 Å². The summed E-state index contributed by atoms with van der Waals surface area (Å²) in [5.74, 6) is 0.566. The fraction of sp³-hybridized carbons (Fsp3) is 0.227. The Morgan fingerprint density at radius 3 is 2.81 bits per heavy atom. The first-order valence-corrected chi connectivity index (χ1v) is 11.3. The van der Waals surface area contributed by atoms with Crippen molar-refractivity contribution in [3.8, 4) is 0 Å². The highest BCUT2D eigenvalue weighted by atomic mass is 35.5. The summed E-state index contributed by atoms with van der Waals surface area (Å²) in [5.41, 5.74) is 2.46. The molecule has 4 aromatic rings. The number of aromatic nitrogens is 4. The van der Waals surface area contributed by atoms with E-state index in [-0.39, 0.29) is 11.9 Å². The van der Waals surface area contributed by atoms with E-state index < -0.39 is 5.25 Å². The van der Waals surface area contributed by atoms with E-state index in [2.05, 4.69) is 20.2 Å². The maximum atomic E-state index is 13.5. The number of aryl methyl sites for hydroxylation is 1. The van der Waals surface area contributed by atoms with Gasteiger partial charge in [-0.2, -0.15) is 10.2 Å². The lowest BCUT2D eigenvalue weighted by Gasteiger charge is -2.22. The number of thioether (sulfide) groups is 1. The quantitative estimate of drug-likeness (QED) is 0.318. The minimum atomic E-state index is -0.431. The molecule has 32 heavy (non-hydrogen) atoms. The largest absolute Gasteiger partial charge is 0.467 e. The van der Waals surface area contributed by atoms with E-state index in [9.17, 15) is 4.79 Å². The predicted octanol–water partition coefficient (Wildman–Crippen LogP) is 4.47. The van der Waals surface area contributed by atoms with E-state index in [1.165, 1.54) is 23.1 Å². The van der Waals surface area contributed by atoms with Crippen LogP contribution in [0.3, 0.4) is 0 Å². The Hall–Kier alpha value is -3.17. The molecule has 162 valence electrons. The number of amides is 1. The number of halogens is 1. The van der Waals surface area contributed by atoms with Crippen molar-refractivity contribution in [3.05, 3.63) is 71.5 Å². The Balaban J connectivity index is 1.44. The van der Waals surface area contributed by atoms with E-state index in [1.807, 2.05) is 50.4 Å². The molecule has 0 spiro atoms. The Labute approximate surface area is 193 Å². The van der Waals surface area contributed by atoms with Crippen molar-refractivity contribution < 1.29 is 9.21 Å². The standard InChI is InChI=1S/C22H19ClN6O2S/c1-13(32-21-16-11-26-28(2)20(16)24-12-25-21)22(30)29-18(19-4-3-9-31-19)10-17(27-29)14-5-7-15(23)8-6-14/h3-9,11-13,18H,10H2,1-2H3/t13-,18-/m1/s1. The number of hydrogen-bond donors (Lipinski definition) is 0. The van der Waals surface area contributed by atoms with Crippen molar-refractivity contribution in [2.75, 3.05) is 0 Å². The second-order valence-electron chi connectivity index (χ2n) is 7.42. The number of furan rings is 1. The van der Waals surface area contributed by atoms with Gasteiger partial charge in [-0.25, -0.2) is 15.0 Å². The molecule has 5 rings (SSSR count). The molecule has 0 radical (unpaired) electrons. The maximum Gasteiger partial charge on any atom is 0.256 e. The van der Waals surface area contributed by atoms with E-state index in [4.69, 9.17) is 16.0 Å². The lowest BCUT2D eigenvalue weighted by atomic mass is 10.0. The summed E-state index contributed by atoms with van der Waals surface area (Å²) in [5, 5.41) is 12.2. The van der Waals surface area contributed by atoms with Gasteiger partial charge in [0.1, 0.15) is 23.2 Å². The topological polar surface area (TPSA) is 89.4 Å². The fourth-order valence-corrected chi connectivity index (χ4v) is 4.72. The monoisotopic (exact) mass is 466 g/mol. The first-order chi connectivity index (χ1) is 15.5. The van der Waals surface area contributed by atoms with Gasteiger partial charge in [-0.15, -0.1) is 0 Å². The summed E-state index contributed by atoms with van der Waals surface area (Å²) in [4.78, 5) is 22.1. The third-order valence-corrected chi connectivity index (χ3v) is 6.67. The van der Waals surface area contributed by atoms with Crippen molar-refractivity contribution in [1.82, 2.24) is 24.8 Å². The average Bonchev–Trinajstić information content (AvgIpc) is 3.54. The van der Waals surface area contributed by atoms with Gasteiger partial charge < -0.3 is 4.42 Å². The van der Waals surface area contributed by atoms with Crippen LogP contribution in [0.1, 0.15) is 30.7 Å².